The summed E-state index contributed by atoms with van der Waals surface area (Å²) in [6, 6.07) is 7.06. The van der Waals surface area contributed by atoms with Crippen LogP contribution < -0.4 is 10.6 Å². The fourth-order valence-corrected chi connectivity index (χ4v) is 2.94. The zero-order chi connectivity index (χ0) is 17.2. The van der Waals surface area contributed by atoms with E-state index in [0.717, 1.165) is 23.7 Å². The first-order valence-corrected chi connectivity index (χ1v) is 8.36. The fraction of sp³-hybridized carbons (Fsp3) is 0.278. The van der Waals surface area contributed by atoms with Gasteiger partial charge in [-0.05, 0) is 43.0 Å². The standard InChI is InChI=1S/C18H19N5O2/c24-17(15-8-12-9-19-7-5-13(12)22-15)21-10-16(11-3-4-11)23-18(25)14-2-1-6-20-14/h1-2,5-9,11,16,20,22H,3-4,10H2,(H,21,24)(H,23,25). The number of hydrogen-bond donors (Lipinski definition) is 4. The number of amides is 2. The van der Waals surface area contributed by atoms with Crippen molar-refractivity contribution in [2.75, 3.05) is 6.54 Å². The summed E-state index contributed by atoms with van der Waals surface area (Å²) in [5, 5.41) is 6.82. The van der Waals surface area contributed by atoms with E-state index in [9.17, 15) is 9.59 Å². The molecule has 3 aromatic heterocycles. The fourth-order valence-electron chi connectivity index (χ4n) is 2.94. The van der Waals surface area contributed by atoms with Crippen LogP contribution in [0.3, 0.4) is 0 Å². The van der Waals surface area contributed by atoms with Crippen molar-refractivity contribution >= 4 is 22.7 Å². The maximum Gasteiger partial charge on any atom is 0.267 e. The van der Waals surface area contributed by atoms with Crippen LogP contribution in [0, 0.1) is 5.92 Å². The predicted octanol–water partition coefficient (Wildman–Crippen LogP) is 1.83. The van der Waals surface area contributed by atoms with Crippen molar-refractivity contribution in [1.82, 2.24) is 25.6 Å². The lowest BCUT2D eigenvalue weighted by molar-refractivity contribution is 0.0899. The maximum atomic E-state index is 12.4. The highest BCUT2D eigenvalue weighted by molar-refractivity contribution is 5.98. The Balaban J connectivity index is 1.39. The number of H-pyrrole nitrogens is 2. The van der Waals surface area contributed by atoms with Crippen LogP contribution in [0.25, 0.3) is 10.9 Å². The van der Waals surface area contributed by atoms with Crippen molar-refractivity contribution in [1.29, 1.82) is 0 Å². The molecule has 1 saturated carbocycles. The monoisotopic (exact) mass is 337 g/mol. The van der Waals surface area contributed by atoms with Crippen LogP contribution in [0.5, 0.6) is 0 Å². The van der Waals surface area contributed by atoms with E-state index in [1.807, 2.05) is 6.07 Å². The van der Waals surface area contributed by atoms with Crippen molar-refractivity contribution in [3.8, 4) is 0 Å². The van der Waals surface area contributed by atoms with Crippen LogP contribution in [0.4, 0.5) is 0 Å². The van der Waals surface area contributed by atoms with E-state index in [4.69, 9.17) is 0 Å². The largest absolute Gasteiger partial charge is 0.357 e. The Hall–Kier alpha value is -3.09. The van der Waals surface area contributed by atoms with Gasteiger partial charge in [-0.2, -0.15) is 0 Å². The van der Waals surface area contributed by atoms with Gasteiger partial charge in [-0.1, -0.05) is 0 Å². The number of nitrogens with one attached hydrogen (secondary N) is 4. The van der Waals surface area contributed by atoms with Crippen molar-refractivity contribution in [3.63, 3.8) is 0 Å². The number of rotatable bonds is 6. The molecule has 3 aromatic rings. The average Bonchev–Trinajstić information content (AvgIpc) is 3.14. The minimum atomic E-state index is -0.184. The molecule has 4 rings (SSSR count). The maximum absolute atomic E-state index is 12.4. The Morgan fingerprint density at radius 1 is 1.24 bits per heavy atom. The lowest BCUT2D eigenvalue weighted by Gasteiger charge is -2.18. The predicted molar refractivity (Wildman–Crippen MR) is 93.2 cm³/mol. The number of pyridine rings is 1. The molecule has 0 aliphatic heterocycles. The zero-order valence-electron chi connectivity index (χ0n) is 13.6. The van der Waals surface area contributed by atoms with Crippen LogP contribution in [0.2, 0.25) is 0 Å². The summed E-state index contributed by atoms with van der Waals surface area (Å²) >= 11 is 0. The lowest BCUT2D eigenvalue weighted by atomic mass is 10.1. The number of carbonyl (C=O) groups is 2. The molecule has 25 heavy (non-hydrogen) atoms. The highest BCUT2D eigenvalue weighted by atomic mass is 16.2. The first kappa shape index (κ1) is 15.4. The molecule has 1 aliphatic rings. The summed E-state index contributed by atoms with van der Waals surface area (Å²) in [5.74, 6) is 0.0925. The van der Waals surface area contributed by atoms with Gasteiger partial charge in [-0.25, -0.2) is 0 Å². The Bertz CT molecular complexity index is 862. The minimum absolute atomic E-state index is 0.0641. The molecular weight excluding hydrogens is 318 g/mol. The van der Waals surface area contributed by atoms with Gasteiger partial charge in [0.2, 0.25) is 0 Å². The molecule has 128 valence electrons. The van der Waals surface area contributed by atoms with Crippen molar-refractivity contribution in [2.45, 2.75) is 18.9 Å². The molecule has 1 aliphatic carbocycles. The Kier molecular flexibility index (Phi) is 3.97. The molecule has 0 spiro atoms. The SMILES string of the molecule is O=C(NC(CNC(=O)c1cc2cnccc2[nH]1)C1CC1)c1ccc[nH]1. The molecule has 3 heterocycles. The Morgan fingerprint density at radius 3 is 2.84 bits per heavy atom. The van der Waals surface area contributed by atoms with Gasteiger partial charge >= 0.3 is 0 Å². The van der Waals surface area contributed by atoms with E-state index in [1.54, 1.807) is 36.8 Å². The van der Waals surface area contributed by atoms with Crippen LogP contribution >= 0.6 is 0 Å². The van der Waals surface area contributed by atoms with Gasteiger partial charge in [0, 0.05) is 42.1 Å². The van der Waals surface area contributed by atoms with Gasteiger partial charge in [0.15, 0.2) is 0 Å². The summed E-state index contributed by atoms with van der Waals surface area (Å²) in [7, 11) is 0. The second-order valence-corrected chi connectivity index (χ2v) is 6.36. The molecule has 4 N–H and O–H groups in total. The Morgan fingerprint density at radius 2 is 2.12 bits per heavy atom. The van der Waals surface area contributed by atoms with Gasteiger partial charge in [0.05, 0.1) is 0 Å². The number of hydrogen-bond acceptors (Lipinski definition) is 3. The van der Waals surface area contributed by atoms with Crippen molar-refractivity contribution < 1.29 is 9.59 Å². The molecule has 2 amide bonds. The summed E-state index contributed by atoms with van der Waals surface area (Å²) in [5.41, 5.74) is 1.90. The molecule has 0 saturated heterocycles. The topological polar surface area (TPSA) is 103 Å². The van der Waals surface area contributed by atoms with Crippen molar-refractivity contribution in [3.05, 3.63) is 54.2 Å². The number of fused-ring (bicyclic) bond motifs is 1. The van der Waals surface area contributed by atoms with E-state index < -0.39 is 0 Å². The molecule has 0 bridgehead atoms. The third-order valence-corrected chi connectivity index (χ3v) is 4.50. The third-order valence-electron chi connectivity index (χ3n) is 4.50. The van der Waals surface area contributed by atoms with E-state index in [-0.39, 0.29) is 17.9 Å². The van der Waals surface area contributed by atoms with Crippen LogP contribution in [-0.4, -0.2) is 39.4 Å². The molecule has 1 atom stereocenters. The quantitative estimate of drug-likeness (QED) is 0.552. The van der Waals surface area contributed by atoms with Crippen LogP contribution in [-0.2, 0) is 0 Å². The average molecular weight is 337 g/mol. The van der Waals surface area contributed by atoms with Gasteiger partial charge in [-0.3, -0.25) is 14.6 Å². The van der Waals surface area contributed by atoms with E-state index in [2.05, 4.69) is 25.6 Å². The second kappa shape index (κ2) is 6.43. The van der Waals surface area contributed by atoms with Gasteiger partial charge in [0.1, 0.15) is 11.4 Å². The summed E-state index contributed by atoms with van der Waals surface area (Å²) in [6.07, 6.45) is 7.26. The molecule has 0 radical (unpaired) electrons. The van der Waals surface area contributed by atoms with Crippen LogP contribution in [0.1, 0.15) is 33.8 Å². The normalized spacial score (nSPS) is 15.0. The van der Waals surface area contributed by atoms with E-state index in [1.165, 1.54) is 0 Å². The highest BCUT2D eigenvalue weighted by Crippen LogP contribution is 2.32. The van der Waals surface area contributed by atoms with E-state index in [0.29, 0.717) is 23.9 Å². The minimum Gasteiger partial charge on any atom is -0.357 e. The summed E-state index contributed by atoms with van der Waals surface area (Å²) < 4.78 is 0. The third kappa shape index (κ3) is 3.40. The molecule has 7 heteroatoms. The second-order valence-electron chi connectivity index (χ2n) is 6.36. The summed E-state index contributed by atoms with van der Waals surface area (Å²) in [4.78, 5) is 34.6. The van der Waals surface area contributed by atoms with Crippen LogP contribution in [0.15, 0.2) is 42.9 Å². The number of nitrogens with zero attached hydrogens (tertiary/aromatic N) is 1. The van der Waals surface area contributed by atoms with Gasteiger partial charge < -0.3 is 20.6 Å². The smallest absolute Gasteiger partial charge is 0.267 e. The number of aromatic nitrogens is 3. The molecule has 7 nitrogen and oxygen atoms in total. The lowest BCUT2D eigenvalue weighted by Crippen LogP contribution is -2.45. The Labute approximate surface area is 144 Å². The zero-order valence-corrected chi connectivity index (χ0v) is 13.6. The first-order valence-electron chi connectivity index (χ1n) is 8.36. The van der Waals surface area contributed by atoms with Gasteiger partial charge in [-0.15, -0.1) is 0 Å². The summed E-state index contributed by atoms with van der Waals surface area (Å²) in [6.45, 7) is 0.406. The molecule has 1 unspecified atom stereocenters. The van der Waals surface area contributed by atoms with Crippen molar-refractivity contribution in [2.24, 2.45) is 5.92 Å². The van der Waals surface area contributed by atoms with Gasteiger partial charge in [0.25, 0.3) is 11.8 Å². The van der Waals surface area contributed by atoms with E-state index >= 15 is 0 Å². The first-order chi connectivity index (χ1) is 12.2. The molecule has 1 fully saturated rings. The number of aromatic amines is 2. The molecular formula is C18H19N5O2. The molecule has 0 aromatic carbocycles. The number of carbonyl (C=O) groups excluding carboxylic acids is 2. The highest BCUT2D eigenvalue weighted by Gasteiger charge is 2.33.